The van der Waals surface area contributed by atoms with Crippen LogP contribution in [0.4, 0.5) is 0 Å². The van der Waals surface area contributed by atoms with Crippen LogP contribution in [0, 0.1) is 0 Å². The lowest BCUT2D eigenvalue weighted by Crippen LogP contribution is -1.98. The lowest BCUT2D eigenvalue weighted by Gasteiger charge is -1.80. The van der Waals surface area contributed by atoms with E-state index in [1.807, 2.05) is 0 Å². The van der Waals surface area contributed by atoms with Gasteiger partial charge in [-0.1, -0.05) is 0 Å². The van der Waals surface area contributed by atoms with E-state index in [2.05, 4.69) is 0 Å². The average molecular weight is 160 g/mol. The van der Waals surface area contributed by atoms with Gasteiger partial charge in [-0.25, -0.2) is 0 Å². The number of aliphatic hydroxyl groups excluding tert-OH is 1. The Morgan fingerprint density at radius 1 is 1.22 bits per heavy atom. The summed E-state index contributed by atoms with van der Waals surface area (Å²) in [6, 6.07) is 0. The molecule has 0 saturated heterocycles. The Bertz CT molecular complexity index is 122. The molecule has 0 bridgehead atoms. The van der Waals surface area contributed by atoms with Crippen LogP contribution < -0.4 is 0 Å². The summed E-state index contributed by atoms with van der Waals surface area (Å²) in [6.07, 6.45) is 0.715. The Labute approximate surface area is 52.1 Å². The van der Waals surface area contributed by atoms with Crippen LogP contribution in [0.25, 0.3) is 0 Å². The summed E-state index contributed by atoms with van der Waals surface area (Å²) in [4.78, 5) is 0. The molecule has 58 valence electrons. The molecule has 0 aliphatic heterocycles. The van der Waals surface area contributed by atoms with Gasteiger partial charge in [-0.3, -0.25) is 4.55 Å². The molecule has 0 aromatic rings. The molecule has 0 rings (SSSR count). The molecular weight excluding hydrogens is 152 g/mol. The summed E-state index contributed by atoms with van der Waals surface area (Å²) in [5, 5.41) is 21.5. The predicted octanol–water partition coefficient (Wildman–Crippen LogP) is -2.25. The van der Waals surface area contributed by atoms with Gasteiger partial charge in [-0.15, -0.1) is 0 Å². The van der Waals surface area contributed by atoms with Crippen molar-refractivity contribution < 1.29 is 28.3 Å². The third kappa shape index (κ3) is 5920. The van der Waals surface area contributed by atoms with Crippen molar-refractivity contribution in [2.24, 2.45) is 0 Å². The molecule has 0 aliphatic rings. The van der Waals surface area contributed by atoms with Crippen LogP contribution in [0.5, 0.6) is 0 Å². The monoisotopic (exact) mass is 160 g/mol. The first-order valence-corrected chi connectivity index (χ1v) is 3.55. The van der Waals surface area contributed by atoms with Crippen LogP contribution in [-0.2, 0) is 10.1 Å². The number of aliphatic hydroxyl groups is 3. The van der Waals surface area contributed by atoms with Crippen LogP contribution in [0.2, 0.25) is 0 Å². The van der Waals surface area contributed by atoms with E-state index in [1.165, 1.54) is 0 Å². The zero-order valence-electron chi connectivity index (χ0n) is 4.59. The second-order valence-corrected chi connectivity index (χ2v) is 2.55. The molecule has 0 aromatic heterocycles. The minimum atomic E-state index is -3.67. The van der Waals surface area contributed by atoms with Crippen LogP contribution in [0.15, 0.2) is 0 Å². The molecule has 0 unspecified atom stereocenters. The topological polar surface area (TPSA) is 115 Å². The predicted molar refractivity (Wildman–Crippen MR) is 27.9 cm³/mol. The molecule has 0 spiro atoms. The SMILES string of the molecule is CS(=O)(=O)O.OC(O)O. The highest BCUT2D eigenvalue weighted by molar-refractivity contribution is 7.85. The van der Waals surface area contributed by atoms with Crippen molar-refractivity contribution in [3.05, 3.63) is 0 Å². The molecular formula is C2H8O6S. The number of rotatable bonds is 0. The van der Waals surface area contributed by atoms with Crippen molar-refractivity contribution in [2.45, 2.75) is 6.48 Å². The average Bonchev–Trinajstić information content (AvgIpc) is 1.19. The number of hydrogen-bond donors (Lipinski definition) is 4. The van der Waals surface area contributed by atoms with Gasteiger partial charge in [0.15, 0.2) is 0 Å². The van der Waals surface area contributed by atoms with Gasteiger partial charge in [0.1, 0.15) is 0 Å². The van der Waals surface area contributed by atoms with Crippen LogP contribution in [0.3, 0.4) is 0 Å². The van der Waals surface area contributed by atoms with Gasteiger partial charge >= 0.3 is 0 Å². The molecule has 0 heterocycles. The van der Waals surface area contributed by atoms with E-state index >= 15 is 0 Å². The van der Waals surface area contributed by atoms with Crippen LogP contribution >= 0.6 is 0 Å². The molecule has 0 amide bonds. The molecule has 0 aliphatic carbocycles. The van der Waals surface area contributed by atoms with E-state index in [0.29, 0.717) is 6.26 Å². The summed E-state index contributed by atoms with van der Waals surface area (Å²) < 4.78 is 25.9. The van der Waals surface area contributed by atoms with Crippen molar-refractivity contribution in [3.8, 4) is 0 Å². The normalized spacial score (nSPS) is 10.4. The lowest BCUT2D eigenvalue weighted by atomic mass is 11.4. The van der Waals surface area contributed by atoms with Gasteiger partial charge in [-0.2, -0.15) is 8.42 Å². The molecule has 0 fully saturated rings. The maximum absolute atomic E-state index is 9.19. The molecule has 0 atom stereocenters. The lowest BCUT2D eigenvalue weighted by molar-refractivity contribution is -0.198. The van der Waals surface area contributed by atoms with Crippen molar-refractivity contribution in [3.63, 3.8) is 0 Å². The second kappa shape index (κ2) is 4.65. The molecule has 0 aromatic carbocycles. The number of hydrogen-bond acceptors (Lipinski definition) is 5. The van der Waals surface area contributed by atoms with E-state index in [1.54, 1.807) is 0 Å². The zero-order valence-corrected chi connectivity index (χ0v) is 5.41. The molecule has 0 saturated carbocycles. The van der Waals surface area contributed by atoms with E-state index in [9.17, 15) is 8.42 Å². The van der Waals surface area contributed by atoms with Crippen LogP contribution in [-0.4, -0.2) is 41.0 Å². The van der Waals surface area contributed by atoms with Gasteiger partial charge in [-0.05, 0) is 0 Å². The first-order valence-electron chi connectivity index (χ1n) is 1.70. The van der Waals surface area contributed by atoms with E-state index in [0.717, 1.165) is 0 Å². The third-order valence-corrected chi connectivity index (χ3v) is 0. The molecule has 9 heavy (non-hydrogen) atoms. The summed E-state index contributed by atoms with van der Waals surface area (Å²) in [5.74, 6) is 0. The smallest absolute Gasteiger partial charge is 0.263 e. The largest absolute Gasteiger partial charge is 0.346 e. The van der Waals surface area contributed by atoms with E-state index in [4.69, 9.17) is 19.9 Å². The highest BCUT2D eigenvalue weighted by Crippen LogP contribution is 1.60. The summed E-state index contributed by atoms with van der Waals surface area (Å²) in [6.45, 7) is -2.17. The fourth-order valence-electron chi connectivity index (χ4n) is 0. The van der Waals surface area contributed by atoms with Gasteiger partial charge in [0.25, 0.3) is 16.6 Å². The van der Waals surface area contributed by atoms with Crippen molar-refractivity contribution >= 4 is 10.1 Å². The maximum atomic E-state index is 9.19. The van der Waals surface area contributed by atoms with E-state index < -0.39 is 16.6 Å². The quantitative estimate of drug-likeness (QED) is 0.235. The maximum Gasteiger partial charge on any atom is 0.263 e. The van der Waals surface area contributed by atoms with Crippen molar-refractivity contribution in [2.75, 3.05) is 6.26 Å². The minimum Gasteiger partial charge on any atom is -0.346 e. The molecule has 7 heteroatoms. The van der Waals surface area contributed by atoms with Gasteiger partial charge in [0, 0.05) is 0 Å². The summed E-state index contributed by atoms with van der Waals surface area (Å²) >= 11 is 0. The van der Waals surface area contributed by atoms with Crippen molar-refractivity contribution in [1.82, 2.24) is 0 Å². The van der Waals surface area contributed by atoms with Crippen LogP contribution in [0.1, 0.15) is 0 Å². The van der Waals surface area contributed by atoms with Gasteiger partial charge in [0.05, 0.1) is 6.26 Å². The first kappa shape index (κ1) is 11.6. The van der Waals surface area contributed by atoms with Gasteiger partial charge in [0.2, 0.25) is 0 Å². The molecule has 4 N–H and O–H groups in total. The highest BCUT2D eigenvalue weighted by Gasteiger charge is 1.81. The summed E-state index contributed by atoms with van der Waals surface area (Å²) in [5.41, 5.74) is 0. The standard InChI is InChI=1S/CH4O3S.CH4O3/c1-5(2,3)4;2-1(3)4/h1H3,(H,2,3,4);1-4H. The highest BCUT2D eigenvalue weighted by atomic mass is 32.2. The Morgan fingerprint density at radius 2 is 1.22 bits per heavy atom. The fourth-order valence-corrected chi connectivity index (χ4v) is 0. The Kier molecular flexibility index (Phi) is 5.98. The fraction of sp³-hybridized carbons (Fsp3) is 1.00. The second-order valence-electron chi connectivity index (χ2n) is 1.08. The zero-order chi connectivity index (χ0) is 8.08. The third-order valence-electron chi connectivity index (χ3n) is 0. The Hall–Kier alpha value is -0.210. The Morgan fingerprint density at radius 3 is 1.22 bits per heavy atom. The minimum absolute atomic E-state index is 0.715. The molecule has 0 radical (unpaired) electrons. The Balaban J connectivity index is 0. The van der Waals surface area contributed by atoms with E-state index in [-0.39, 0.29) is 0 Å². The first-order chi connectivity index (χ1) is 3.73. The van der Waals surface area contributed by atoms with Crippen molar-refractivity contribution in [1.29, 1.82) is 0 Å². The summed E-state index contributed by atoms with van der Waals surface area (Å²) in [7, 11) is -3.67. The molecule has 6 nitrogen and oxygen atoms in total. The van der Waals surface area contributed by atoms with Gasteiger partial charge < -0.3 is 15.3 Å².